The molecule has 1 rings (SSSR count). The van der Waals surface area contributed by atoms with Gasteiger partial charge in [0, 0.05) is 7.11 Å². The maximum absolute atomic E-state index is 10.6. The Bertz CT molecular complexity index is 330. The van der Waals surface area contributed by atoms with Crippen molar-refractivity contribution < 1.29 is 33.5 Å². The van der Waals surface area contributed by atoms with E-state index in [9.17, 15) is 9.67 Å². The van der Waals surface area contributed by atoms with Crippen molar-refractivity contribution in [3.05, 3.63) is 0 Å². The molecule has 17 heavy (non-hydrogen) atoms. The highest BCUT2D eigenvalue weighted by Gasteiger charge is 2.56. The Hall–Kier alpha value is 0.0549. The third-order valence-corrected chi connectivity index (χ3v) is 3.17. The Labute approximate surface area is 101 Å². The highest BCUT2D eigenvalue weighted by Crippen LogP contribution is 2.43. The molecule has 0 amide bonds. The number of rotatable bonds is 4. The second kappa shape index (κ2) is 4.62. The molecule has 1 fully saturated rings. The fourth-order valence-electron chi connectivity index (χ4n) is 1.94. The van der Waals surface area contributed by atoms with Crippen molar-refractivity contribution in [1.82, 2.24) is 0 Å². The Morgan fingerprint density at radius 3 is 2.35 bits per heavy atom. The first-order valence-electron chi connectivity index (χ1n) is 4.92. The average molecular weight is 266 g/mol. The number of ether oxygens (including phenoxy) is 2. The first-order chi connectivity index (χ1) is 7.52. The molecule has 4 atom stereocenters. The normalized spacial score (nSPS) is 42.9. The summed E-state index contributed by atoms with van der Waals surface area (Å²) in [6.07, 6.45) is -1.97. The van der Waals surface area contributed by atoms with Crippen LogP contribution in [0.2, 0.25) is 0 Å². The van der Waals surface area contributed by atoms with Gasteiger partial charge in [-0.2, -0.15) is 0 Å². The van der Waals surface area contributed by atoms with Crippen LogP contribution in [0.3, 0.4) is 0 Å². The Morgan fingerprint density at radius 1 is 1.47 bits per heavy atom. The number of hydrogen-bond donors (Lipinski definition) is 3. The van der Waals surface area contributed by atoms with E-state index >= 15 is 0 Å². The van der Waals surface area contributed by atoms with Crippen LogP contribution in [-0.2, 0) is 18.6 Å². The van der Waals surface area contributed by atoms with Crippen molar-refractivity contribution in [3.63, 3.8) is 0 Å². The fraction of sp³-hybridized carbons (Fsp3) is 1.00. The van der Waals surface area contributed by atoms with Crippen LogP contribution < -0.4 is 0 Å². The number of phosphoric acid groups is 1. The van der Waals surface area contributed by atoms with Gasteiger partial charge in [0.1, 0.15) is 25.7 Å². The topological polar surface area (TPSA) is 105 Å². The molecule has 7 nitrogen and oxygen atoms in total. The Morgan fingerprint density at radius 2 is 2.00 bits per heavy atom. The molecule has 0 bridgehead atoms. The van der Waals surface area contributed by atoms with Gasteiger partial charge in [-0.3, -0.25) is 4.52 Å². The summed E-state index contributed by atoms with van der Waals surface area (Å²) in [4.78, 5) is 17.2. The van der Waals surface area contributed by atoms with Crippen molar-refractivity contribution in [2.24, 2.45) is 0 Å². The summed E-state index contributed by atoms with van der Waals surface area (Å²) in [6.45, 7) is 2.45. The van der Waals surface area contributed by atoms with E-state index in [0.717, 1.165) is 0 Å². The van der Waals surface area contributed by atoms with E-state index in [1.54, 1.807) is 0 Å². The quantitative estimate of drug-likeness (QED) is 0.449. The maximum atomic E-state index is 10.6. The highest BCUT2D eigenvalue weighted by molar-refractivity contribution is 7.46. The van der Waals surface area contributed by atoms with Crippen molar-refractivity contribution >= 4 is 15.7 Å². The van der Waals surface area contributed by atoms with Crippen LogP contribution >= 0.6 is 7.82 Å². The molecule has 9 heteroatoms. The predicted molar refractivity (Wildman–Crippen MR) is 58.4 cm³/mol. The molecule has 1 aliphatic rings. The third kappa shape index (κ3) is 3.29. The second-order valence-corrected chi connectivity index (χ2v) is 5.70. The minimum atomic E-state index is -4.63. The van der Waals surface area contributed by atoms with Gasteiger partial charge in [-0.1, -0.05) is 0 Å². The minimum absolute atomic E-state index is 0.495. The standard InChI is InChI=1S/C8H16BO7P/c1-7(4-15-17(11,12)13)5(10)6(14-3)8(2,9)16-7/h5-6,10H,4H2,1-3H3,(H2,11,12,13). The molecule has 0 aromatic heterocycles. The van der Waals surface area contributed by atoms with E-state index < -0.39 is 37.7 Å². The number of methoxy groups -OCH3 is 1. The molecule has 0 spiro atoms. The van der Waals surface area contributed by atoms with Gasteiger partial charge in [0.15, 0.2) is 0 Å². The van der Waals surface area contributed by atoms with Crippen LogP contribution in [0, 0.1) is 0 Å². The second-order valence-electron chi connectivity index (χ2n) is 4.46. The van der Waals surface area contributed by atoms with Crippen LogP contribution in [-0.4, -0.2) is 59.8 Å². The lowest BCUT2D eigenvalue weighted by molar-refractivity contribution is -0.104. The van der Waals surface area contributed by atoms with E-state index in [0.29, 0.717) is 0 Å². The van der Waals surface area contributed by atoms with E-state index in [2.05, 4.69) is 4.52 Å². The average Bonchev–Trinajstić information content (AvgIpc) is 2.30. The van der Waals surface area contributed by atoms with Crippen LogP contribution in [0.25, 0.3) is 0 Å². The first kappa shape index (κ1) is 15.1. The molecule has 0 aliphatic carbocycles. The van der Waals surface area contributed by atoms with E-state index in [4.69, 9.17) is 27.1 Å². The van der Waals surface area contributed by atoms with E-state index in [-0.39, 0.29) is 0 Å². The monoisotopic (exact) mass is 266 g/mol. The molecular weight excluding hydrogens is 250 g/mol. The molecule has 3 N–H and O–H groups in total. The Balaban J connectivity index is 2.81. The summed E-state index contributed by atoms with van der Waals surface area (Å²) in [7, 11) is 2.51. The van der Waals surface area contributed by atoms with Gasteiger partial charge in [-0.05, 0) is 13.8 Å². The van der Waals surface area contributed by atoms with Crippen molar-refractivity contribution in [2.45, 2.75) is 37.2 Å². The number of aliphatic hydroxyl groups excluding tert-OH is 1. The predicted octanol–water partition coefficient (Wildman–Crippen LogP) is -0.855. The molecule has 4 unspecified atom stereocenters. The SMILES string of the molecule is [B]C1(C)OC(C)(COP(=O)(O)O)C(O)C1OC. The van der Waals surface area contributed by atoms with Gasteiger partial charge < -0.3 is 24.4 Å². The molecule has 1 heterocycles. The lowest BCUT2D eigenvalue weighted by Gasteiger charge is -2.28. The summed E-state index contributed by atoms with van der Waals surface area (Å²) < 4.78 is 25.4. The summed E-state index contributed by atoms with van der Waals surface area (Å²) in [5, 5.41) is 9.98. The van der Waals surface area contributed by atoms with Crippen molar-refractivity contribution in [2.75, 3.05) is 13.7 Å². The fourth-order valence-corrected chi connectivity index (χ4v) is 2.37. The molecule has 1 aliphatic heterocycles. The van der Waals surface area contributed by atoms with Gasteiger partial charge in [0.05, 0.1) is 12.1 Å². The van der Waals surface area contributed by atoms with Gasteiger partial charge >= 0.3 is 7.82 Å². The molecule has 1 saturated heterocycles. The number of phosphoric ester groups is 1. The molecule has 0 aromatic rings. The summed E-state index contributed by atoms with van der Waals surface area (Å²) in [6, 6.07) is 0. The van der Waals surface area contributed by atoms with Crippen molar-refractivity contribution in [3.8, 4) is 0 Å². The maximum Gasteiger partial charge on any atom is 0.469 e. The smallest absolute Gasteiger partial charge is 0.387 e. The van der Waals surface area contributed by atoms with Crippen LogP contribution in [0.5, 0.6) is 0 Å². The Kier molecular flexibility index (Phi) is 4.11. The van der Waals surface area contributed by atoms with Gasteiger partial charge in [-0.15, -0.1) is 0 Å². The zero-order valence-electron chi connectivity index (χ0n) is 9.86. The number of aliphatic hydroxyl groups is 1. The van der Waals surface area contributed by atoms with Crippen molar-refractivity contribution in [1.29, 1.82) is 0 Å². The summed E-state index contributed by atoms with van der Waals surface area (Å²) >= 11 is 0. The van der Waals surface area contributed by atoms with E-state index in [1.807, 2.05) is 0 Å². The minimum Gasteiger partial charge on any atom is -0.387 e. The molecular formula is C8H16BO7P. The van der Waals surface area contributed by atoms with Gasteiger partial charge in [0.25, 0.3) is 0 Å². The van der Waals surface area contributed by atoms with E-state index in [1.165, 1.54) is 21.0 Å². The lowest BCUT2D eigenvalue weighted by atomic mass is 9.77. The van der Waals surface area contributed by atoms with Gasteiger partial charge in [0.2, 0.25) is 0 Å². The summed E-state index contributed by atoms with van der Waals surface area (Å²) in [5.41, 5.74) is -2.60. The lowest BCUT2D eigenvalue weighted by Crippen LogP contribution is -2.45. The molecule has 0 aromatic carbocycles. The van der Waals surface area contributed by atoms with Crippen LogP contribution in [0.4, 0.5) is 0 Å². The molecule has 0 saturated carbocycles. The van der Waals surface area contributed by atoms with Crippen LogP contribution in [0.15, 0.2) is 0 Å². The van der Waals surface area contributed by atoms with Crippen LogP contribution in [0.1, 0.15) is 13.8 Å². The first-order valence-corrected chi connectivity index (χ1v) is 6.45. The largest absolute Gasteiger partial charge is 0.469 e. The molecule has 98 valence electrons. The number of hydrogen-bond acceptors (Lipinski definition) is 5. The van der Waals surface area contributed by atoms with Gasteiger partial charge in [-0.25, -0.2) is 4.57 Å². The summed E-state index contributed by atoms with van der Waals surface area (Å²) in [5.74, 6) is 0. The zero-order chi connectivity index (χ0) is 13.5. The highest BCUT2D eigenvalue weighted by atomic mass is 31.2. The zero-order valence-corrected chi connectivity index (χ0v) is 10.8. The third-order valence-electron chi connectivity index (χ3n) is 2.70. The molecule has 2 radical (unpaired) electrons.